The van der Waals surface area contributed by atoms with Gasteiger partial charge in [-0.25, -0.2) is 4.79 Å². The third-order valence-electron chi connectivity index (χ3n) is 4.03. The maximum absolute atomic E-state index is 12.0. The predicted octanol–water partition coefficient (Wildman–Crippen LogP) is 2.69. The van der Waals surface area contributed by atoms with E-state index < -0.39 is 5.97 Å². The summed E-state index contributed by atoms with van der Waals surface area (Å²) in [6, 6.07) is 12.3. The molecule has 0 fully saturated rings. The molecule has 0 aliphatic carbocycles. The quantitative estimate of drug-likeness (QED) is 0.721. The van der Waals surface area contributed by atoms with Crippen LogP contribution in [0.25, 0.3) is 0 Å². The summed E-state index contributed by atoms with van der Waals surface area (Å²) in [6.07, 6.45) is 1.62. The highest BCUT2D eigenvalue weighted by Crippen LogP contribution is 2.27. The lowest BCUT2D eigenvalue weighted by molar-refractivity contribution is -0.121. The smallest absolute Gasteiger partial charge is 0.335 e. The van der Waals surface area contributed by atoms with Crippen LogP contribution in [-0.2, 0) is 17.6 Å². The molecule has 0 saturated heterocycles. The second kappa shape index (κ2) is 9.46. The highest BCUT2D eigenvalue weighted by atomic mass is 16.5. The number of hydrogen-bond donors (Lipinski definition) is 2. The van der Waals surface area contributed by atoms with Gasteiger partial charge in [-0.3, -0.25) is 4.79 Å². The van der Waals surface area contributed by atoms with Crippen molar-refractivity contribution >= 4 is 11.9 Å². The molecule has 2 N–H and O–H groups in total. The molecule has 0 heterocycles. The van der Waals surface area contributed by atoms with E-state index in [4.69, 9.17) is 14.6 Å². The molecule has 6 heteroatoms. The molecule has 0 aromatic heterocycles. The Hall–Kier alpha value is -3.02. The van der Waals surface area contributed by atoms with Crippen molar-refractivity contribution in [2.24, 2.45) is 0 Å². The fraction of sp³-hybridized carbons (Fsp3) is 0.300. The number of carbonyl (C=O) groups is 2. The molecule has 0 aliphatic heterocycles. The summed E-state index contributed by atoms with van der Waals surface area (Å²) < 4.78 is 10.5. The number of aryl methyl sites for hydroxylation is 1. The number of rotatable bonds is 9. The Labute approximate surface area is 152 Å². The molecule has 0 bridgehead atoms. The number of methoxy groups -OCH3 is 2. The van der Waals surface area contributed by atoms with E-state index in [0.717, 1.165) is 11.1 Å². The van der Waals surface area contributed by atoms with Crippen LogP contribution in [0.1, 0.15) is 27.9 Å². The number of carbonyl (C=O) groups excluding carboxylic acids is 1. The summed E-state index contributed by atoms with van der Waals surface area (Å²) in [5.41, 5.74) is 2.23. The predicted molar refractivity (Wildman–Crippen MR) is 98.0 cm³/mol. The summed E-state index contributed by atoms with van der Waals surface area (Å²) in [7, 11) is 3.18. The van der Waals surface area contributed by atoms with Crippen molar-refractivity contribution in [2.75, 3.05) is 20.8 Å². The molecule has 0 aliphatic rings. The van der Waals surface area contributed by atoms with Crippen LogP contribution in [0.15, 0.2) is 42.5 Å². The van der Waals surface area contributed by atoms with E-state index >= 15 is 0 Å². The molecular weight excluding hydrogens is 334 g/mol. The van der Waals surface area contributed by atoms with E-state index in [1.807, 2.05) is 18.2 Å². The van der Waals surface area contributed by atoms with E-state index in [2.05, 4.69) is 5.32 Å². The fourth-order valence-corrected chi connectivity index (χ4v) is 2.54. The average Bonchev–Trinajstić information content (AvgIpc) is 2.66. The lowest BCUT2D eigenvalue weighted by atomic mass is 10.1. The topological polar surface area (TPSA) is 84.9 Å². The number of amides is 1. The van der Waals surface area contributed by atoms with Gasteiger partial charge in [-0.1, -0.05) is 18.2 Å². The van der Waals surface area contributed by atoms with Crippen molar-refractivity contribution in [1.82, 2.24) is 5.32 Å². The Morgan fingerprint density at radius 2 is 1.58 bits per heavy atom. The number of benzene rings is 2. The monoisotopic (exact) mass is 357 g/mol. The van der Waals surface area contributed by atoms with E-state index in [1.54, 1.807) is 38.5 Å². The van der Waals surface area contributed by atoms with Gasteiger partial charge in [0.1, 0.15) is 0 Å². The van der Waals surface area contributed by atoms with Crippen LogP contribution in [0.4, 0.5) is 0 Å². The van der Waals surface area contributed by atoms with Gasteiger partial charge in [-0.05, 0) is 48.2 Å². The van der Waals surface area contributed by atoms with Crippen molar-refractivity contribution in [1.29, 1.82) is 0 Å². The van der Waals surface area contributed by atoms with Crippen LogP contribution in [-0.4, -0.2) is 37.7 Å². The Morgan fingerprint density at radius 1 is 0.923 bits per heavy atom. The SMILES string of the molecule is COc1ccc(CCNC(=O)CCc2ccc(C(=O)O)cc2)cc1OC. The number of aromatic carboxylic acids is 1. The molecule has 0 atom stereocenters. The van der Waals surface area contributed by atoms with Gasteiger partial charge in [0.25, 0.3) is 0 Å². The molecule has 0 unspecified atom stereocenters. The molecule has 138 valence electrons. The summed E-state index contributed by atoms with van der Waals surface area (Å²) >= 11 is 0. The van der Waals surface area contributed by atoms with Crippen molar-refractivity contribution in [3.8, 4) is 11.5 Å². The first-order chi connectivity index (χ1) is 12.5. The van der Waals surface area contributed by atoms with Gasteiger partial charge >= 0.3 is 5.97 Å². The van der Waals surface area contributed by atoms with Crippen molar-refractivity contribution < 1.29 is 24.2 Å². The lowest BCUT2D eigenvalue weighted by Crippen LogP contribution is -2.25. The molecule has 2 rings (SSSR count). The highest BCUT2D eigenvalue weighted by Gasteiger charge is 2.07. The van der Waals surface area contributed by atoms with Crippen LogP contribution in [0.2, 0.25) is 0 Å². The fourth-order valence-electron chi connectivity index (χ4n) is 2.54. The largest absolute Gasteiger partial charge is 0.493 e. The number of carboxylic acids is 1. The van der Waals surface area contributed by atoms with Gasteiger partial charge in [-0.15, -0.1) is 0 Å². The van der Waals surface area contributed by atoms with E-state index in [-0.39, 0.29) is 11.5 Å². The zero-order valence-corrected chi connectivity index (χ0v) is 15.0. The van der Waals surface area contributed by atoms with Crippen molar-refractivity contribution in [3.05, 3.63) is 59.2 Å². The second-order valence-electron chi connectivity index (χ2n) is 5.79. The minimum absolute atomic E-state index is 0.0345. The van der Waals surface area contributed by atoms with E-state index in [1.165, 1.54) is 0 Å². The number of ether oxygens (including phenoxy) is 2. The van der Waals surface area contributed by atoms with Gasteiger partial charge in [0.05, 0.1) is 19.8 Å². The van der Waals surface area contributed by atoms with Gasteiger partial charge < -0.3 is 19.9 Å². The van der Waals surface area contributed by atoms with Crippen LogP contribution in [0.5, 0.6) is 11.5 Å². The number of carboxylic acid groups (broad SMARTS) is 1. The average molecular weight is 357 g/mol. The zero-order valence-electron chi connectivity index (χ0n) is 15.0. The Balaban J connectivity index is 1.76. The maximum Gasteiger partial charge on any atom is 0.335 e. The molecule has 0 saturated carbocycles. The van der Waals surface area contributed by atoms with Crippen LogP contribution >= 0.6 is 0 Å². The van der Waals surface area contributed by atoms with Gasteiger partial charge in [0.15, 0.2) is 11.5 Å². The van der Waals surface area contributed by atoms with Gasteiger partial charge in [0, 0.05) is 13.0 Å². The standard InChI is InChI=1S/C20H23NO5/c1-25-17-9-5-15(13-18(17)26-2)11-12-21-19(22)10-6-14-3-7-16(8-4-14)20(23)24/h3-5,7-9,13H,6,10-12H2,1-2H3,(H,21,22)(H,23,24). The van der Waals surface area contributed by atoms with Crippen LogP contribution < -0.4 is 14.8 Å². The first-order valence-electron chi connectivity index (χ1n) is 8.33. The molecule has 0 spiro atoms. The minimum Gasteiger partial charge on any atom is -0.493 e. The normalized spacial score (nSPS) is 10.2. The van der Waals surface area contributed by atoms with Gasteiger partial charge in [0.2, 0.25) is 5.91 Å². The summed E-state index contributed by atoms with van der Waals surface area (Å²) in [4.78, 5) is 22.8. The first kappa shape index (κ1) is 19.3. The number of nitrogens with one attached hydrogen (secondary N) is 1. The molecule has 2 aromatic carbocycles. The molecule has 6 nitrogen and oxygen atoms in total. The third-order valence-corrected chi connectivity index (χ3v) is 4.03. The third kappa shape index (κ3) is 5.51. The Kier molecular flexibility index (Phi) is 7.02. The second-order valence-corrected chi connectivity index (χ2v) is 5.79. The Bertz CT molecular complexity index is 755. The summed E-state index contributed by atoms with van der Waals surface area (Å²) in [5.74, 6) is 0.354. The minimum atomic E-state index is -0.954. The van der Waals surface area contributed by atoms with Gasteiger partial charge in [-0.2, -0.15) is 0 Å². The summed E-state index contributed by atoms with van der Waals surface area (Å²) in [6.45, 7) is 0.534. The molecule has 1 amide bonds. The molecule has 0 radical (unpaired) electrons. The molecule has 2 aromatic rings. The molecular formula is C20H23NO5. The summed E-state index contributed by atoms with van der Waals surface area (Å²) in [5, 5.41) is 11.8. The first-order valence-corrected chi connectivity index (χ1v) is 8.33. The van der Waals surface area contributed by atoms with E-state index in [0.29, 0.717) is 37.3 Å². The zero-order chi connectivity index (χ0) is 18.9. The van der Waals surface area contributed by atoms with E-state index in [9.17, 15) is 9.59 Å². The lowest BCUT2D eigenvalue weighted by Gasteiger charge is -2.10. The van der Waals surface area contributed by atoms with Crippen molar-refractivity contribution in [2.45, 2.75) is 19.3 Å². The Morgan fingerprint density at radius 3 is 2.19 bits per heavy atom. The highest BCUT2D eigenvalue weighted by molar-refractivity contribution is 5.87. The maximum atomic E-state index is 12.0. The number of hydrogen-bond acceptors (Lipinski definition) is 4. The van der Waals surface area contributed by atoms with Crippen LogP contribution in [0, 0.1) is 0 Å². The molecule has 26 heavy (non-hydrogen) atoms. The van der Waals surface area contributed by atoms with Crippen molar-refractivity contribution in [3.63, 3.8) is 0 Å². The van der Waals surface area contributed by atoms with Crippen LogP contribution in [0.3, 0.4) is 0 Å².